The molecular weight excluding hydrogens is 246 g/mol. The van der Waals surface area contributed by atoms with Crippen LogP contribution >= 0.6 is 0 Å². The van der Waals surface area contributed by atoms with Crippen LogP contribution in [-0.2, 0) is 0 Å². The summed E-state index contributed by atoms with van der Waals surface area (Å²) in [4.78, 5) is 18.7. The van der Waals surface area contributed by atoms with E-state index in [-0.39, 0.29) is 11.7 Å². The standard InChI is InChI=1S/C12H19N5O2/c1-3-13-12-14-7-10(17(18)19)11(16-12)15-9-6-4-5-8(9)2/h7-9H,3-6H2,1-2H3,(H2,13,14,15,16). The number of aromatic nitrogens is 2. The van der Waals surface area contributed by atoms with Gasteiger partial charge >= 0.3 is 5.69 Å². The third kappa shape index (κ3) is 3.10. The van der Waals surface area contributed by atoms with Crippen molar-refractivity contribution in [1.29, 1.82) is 0 Å². The highest BCUT2D eigenvalue weighted by atomic mass is 16.6. The second kappa shape index (κ2) is 5.81. The highest BCUT2D eigenvalue weighted by Gasteiger charge is 2.27. The molecule has 1 aromatic heterocycles. The lowest BCUT2D eigenvalue weighted by atomic mass is 10.1. The van der Waals surface area contributed by atoms with E-state index < -0.39 is 4.92 Å². The van der Waals surface area contributed by atoms with Crippen molar-refractivity contribution >= 4 is 17.5 Å². The molecule has 1 fully saturated rings. The van der Waals surface area contributed by atoms with Crippen LogP contribution in [0.2, 0.25) is 0 Å². The van der Waals surface area contributed by atoms with E-state index in [0.29, 0.717) is 24.2 Å². The molecule has 1 aromatic rings. The highest BCUT2D eigenvalue weighted by Crippen LogP contribution is 2.30. The molecule has 1 aliphatic rings. The summed E-state index contributed by atoms with van der Waals surface area (Å²) >= 11 is 0. The van der Waals surface area contributed by atoms with Crippen LogP contribution in [0, 0.1) is 16.0 Å². The van der Waals surface area contributed by atoms with E-state index in [4.69, 9.17) is 0 Å². The Morgan fingerprint density at radius 3 is 2.89 bits per heavy atom. The molecule has 7 nitrogen and oxygen atoms in total. The van der Waals surface area contributed by atoms with Gasteiger partial charge in [0.05, 0.1) is 4.92 Å². The summed E-state index contributed by atoms with van der Waals surface area (Å²) < 4.78 is 0. The summed E-state index contributed by atoms with van der Waals surface area (Å²) in [6.45, 7) is 4.76. The molecule has 1 aliphatic carbocycles. The molecule has 0 amide bonds. The third-order valence-electron chi connectivity index (χ3n) is 3.48. The van der Waals surface area contributed by atoms with E-state index in [2.05, 4.69) is 27.5 Å². The van der Waals surface area contributed by atoms with E-state index in [0.717, 1.165) is 19.3 Å². The first-order chi connectivity index (χ1) is 9.11. The molecule has 19 heavy (non-hydrogen) atoms. The number of nitrogens with zero attached hydrogens (tertiary/aromatic N) is 3. The fourth-order valence-electron chi connectivity index (χ4n) is 2.39. The zero-order valence-electron chi connectivity index (χ0n) is 11.2. The summed E-state index contributed by atoms with van der Waals surface area (Å²) in [7, 11) is 0. The quantitative estimate of drug-likeness (QED) is 0.627. The van der Waals surface area contributed by atoms with Gasteiger partial charge < -0.3 is 10.6 Å². The van der Waals surface area contributed by atoms with Gasteiger partial charge in [-0.05, 0) is 25.7 Å². The SMILES string of the molecule is CCNc1ncc([N+](=O)[O-])c(NC2CCCC2C)n1. The topological polar surface area (TPSA) is 93.0 Å². The number of anilines is 2. The van der Waals surface area contributed by atoms with Crippen LogP contribution in [0.3, 0.4) is 0 Å². The highest BCUT2D eigenvalue weighted by molar-refractivity contribution is 5.57. The average molecular weight is 265 g/mol. The lowest BCUT2D eigenvalue weighted by molar-refractivity contribution is -0.384. The van der Waals surface area contributed by atoms with Gasteiger partial charge in [0.25, 0.3) is 0 Å². The number of hydrogen-bond donors (Lipinski definition) is 2. The number of rotatable bonds is 5. The fraction of sp³-hybridized carbons (Fsp3) is 0.667. The molecule has 104 valence electrons. The molecule has 0 radical (unpaired) electrons. The normalized spacial score (nSPS) is 22.2. The predicted molar refractivity (Wildman–Crippen MR) is 73.3 cm³/mol. The van der Waals surface area contributed by atoms with Gasteiger partial charge in [0.2, 0.25) is 11.8 Å². The van der Waals surface area contributed by atoms with Crippen LogP contribution in [0.4, 0.5) is 17.5 Å². The molecule has 2 atom stereocenters. The first kappa shape index (κ1) is 13.5. The van der Waals surface area contributed by atoms with Crippen molar-refractivity contribution < 1.29 is 4.92 Å². The van der Waals surface area contributed by atoms with Gasteiger partial charge in [-0.3, -0.25) is 10.1 Å². The van der Waals surface area contributed by atoms with E-state index in [1.165, 1.54) is 6.20 Å². The second-order valence-corrected chi connectivity index (χ2v) is 4.87. The monoisotopic (exact) mass is 265 g/mol. The van der Waals surface area contributed by atoms with Crippen LogP contribution in [0.15, 0.2) is 6.20 Å². The fourth-order valence-corrected chi connectivity index (χ4v) is 2.39. The first-order valence-electron chi connectivity index (χ1n) is 6.63. The lowest BCUT2D eigenvalue weighted by Crippen LogP contribution is -2.23. The molecular formula is C12H19N5O2. The molecule has 0 bridgehead atoms. The minimum atomic E-state index is -0.447. The Morgan fingerprint density at radius 2 is 2.32 bits per heavy atom. The Kier molecular flexibility index (Phi) is 4.13. The number of nitro groups is 1. The molecule has 0 spiro atoms. The maximum Gasteiger partial charge on any atom is 0.329 e. The summed E-state index contributed by atoms with van der Waals surface area (Å²) in [5, 5.41) is 17.2. The zero-order valence-corrected chi connectivity index (χ0v) is 11.2. The van der Waals surface area contributed by atoms with Gasteiger partial charge in [-0.15, -0.1) is 0 Å². The van der Waals surface area contributed by atoms with Crippen LogP contribution in [0.25, 0.3) is 0 Å². The summed E-state index contributed by atoms with van der Waals surface area (Å²) in [5.74, 6) is 1.24. The minimum absolute atomic E-state index is 0.0687. The summed E-state index contributed by atoms with van der Waals surface area (Å²) in [6.07, 6.45) is 4.58. The second-order valence-electron chi connectivity index (χ2n) is 4.87. The third-order valence-corrected chi connectivity index (χ3v) is 3.48. The lowest BCUT2D eigenvalue weighted by Gasteiger charge is -2.18. The Balaban J connectivity index is 2.24. The van der Waals surface area contributed by atoms with Crippen molar-refractivity contribution in [2.24, 2.45) is 5.92 Å². The van der Waals surface area contributed by atoms with E-state index in [1.807, 2.05) is 6.92 Å². The van der Waals surface area contributed by atoms with Gasteiger partial charge in [-0.25, -0.2) is 4.98 Å². The average Bonchev–Trinajstić information content (AvgIpc) is 2.75. The van der Waals surface area contributed by atoms with Gasteiger partial charge in [-0.2, -0.15) is 4.98 Å². The van der Waals surface area contributed by atoms with Gasteiger partial charge in [0, 0.05) is 12.6 Å². The van der Waals surface area contributed by atoms with E-state index in [9.17, 15) is 10.1 Å². The van der Waals surface area contributed by atoms with Gasteiger partial charge in [0.15, 0.2) is 0 Å². The first-order valence-corrected chi connectivity index (χ1v) is 6.63. The van der Waals surface area contributed by atoms with Gasteiger partial charge in [-0.1, -0.05) is 13.3 Å². The number of nitrogens with one attached hydrogen (secondary N) is 2. The van der Waals surface area contributed by atoms with Crippen LogP contribution < -0.4 is 10.6 Å². The Morgan fingerprint density at radius 1 is 1.53 bits per heavy atom. The van der Waals surface area contributed by atoms with E-state index >= 15 is 0 Å². The van der Waals surface area contributed by atoms with Crippen molar-refractivity contribution in [3.63, 3.8) is 0 Å². The van der Waals surface area contributed by atoms with Crippen molar-refractivity contribution in [2.45, 2.75) is 39.2 Å². The number of hydrogen-bond acceptors (Lipinski definition) is 6. The smallest absolute Gasteiger partial charge is 0.329 e. The summed E-state index contributed by atoms with van der Waals surface area (Å²) in [5.41, 5.74) is -0.0687. The molecule has 1 saturated carbocycles. The Bertz CT molecular complexity index is 465. The maximum atomic E-state index is 11.0. The summed E-state index contributed by atoms with van der Waals surface area (Å²) in [6, 6.07) is 0.253. The predicted octanol–water partition coefficient (Wildman–Crippen LogP) is 2.42. The van der Waals surface area contributed by atoms with Crippen molar-refractivity contribution in [1.82, 2.24) is 9.97 Å². The van der Waals surface area contributed by atoms with Crippen molar-refractivity contribution in [2.75, 3.05) is 17.2 Å². The van der Waals surface area contributed by atoms with Crippen LogP contribution in [-0.4, -0.2) is 27.5 Å². The largest absolute Gasteiger partial charge is 0.361 e. The van der Waals surface area contributed by atoms with Crippen LogP contribution in [0.1, 0.15) is 33.1 Å². The Labute approximate surface area is 112 Å². The molecule has 0 saturated heterocycles. The molecule has 1 heterocycles. The van der Waals surface area contributed by atoms with Crippen molar-refractivity contribution in [3.8, 4) is 0 Å². The molecule has 7 heteroatoms. The maximum absolute atomic E-state index is 11.0. The molecule has 2 rings (SSSR count). The van der Waals surface area contributed by atoms with E-state index in [1.54, 1.807) is 0 Å². The molecule has 2 N–H and O–H groups in total. The molecule has 0 aliphatic heterocycles. The minimum Gasteiger partial charge on any atom is -0.361 e. The van der Waals surface area contributed by atoms with Gasteiger partial charge in [0.1, 0.15) is 6.20 Å². The Hall–Kier alpha value is -1.92. The molecule has 0 aromatic carbocycles. The van der Waals surface area contributed by atoms with Crippen molar-refractivity contribution in [3.05, 3.63) is 16.3 Å². The zero-order chi connectivity index (χ0) is 13.8. The van der Waals surface area contributed by atoms with Crippen LogP contribution in [0.5, 0.6) is 0 Å². The molecule has 2 unspecified atom stereocenters.